The van der Waals surface area contributed by atoms with Crippen molar-refractivity contribution in [1.29, 1.82) is 0 Å². The van der Waals surface area contributed by atoms with Crippen molar-refractivity contribution in [2.75, 3.05) is 35.2 Å². The largest absolute Gasteiger partial charge is 0.384 e. The Balaban J connectivity index is 1.06. The molecule has 0 fully saturated rings. The number of nitrogens with zero attached hydrogens (tertiary/aromatic N) is 6. The van der Waals surface area contributed by atoms with Gasteiger partial charge in [0.2, 0.25) is 0 Å². The molecule has 10 heteroatoms. The molecule has 8 nitrogen and oxygen atoms in total. The number of hydrogen-bond acceptors (Lipinski definition) is 8. The number of hydrogen-bond donors (Lipinski definition) is 2. The van der Waals surface area contributed by atoms with Crippen LogP contribution in [0.2, 0.25) is 0 Å². The number of nitrogens with one attached hydrogen (secondary N) is 2. The zero-order valence-corrected chi connectivity index (χ0v) is 24.6. The molecular formula is C30H36N8S2+2. The molecule has 0 saturated carbocycles. The smallest absolute Gasteiger partial charge is 0.170 e. The number of pyridine rings is 2. The van der Waals surface area contributed by atoms with Gasteiger partial charge < -0.3 is 10.6 Å². The maximum atomic E-state index is 4.33. The first kappa shape index (κ1) is 29.2. The van der Waals surface area contributed by atoms with Crippen LogP contribution >= 0.6 is 21.6 Å². The number of aromatic nitrogens is 2. The first-order valence-electron chi connectivity index (χ1n) is 13.5. The van der Waals surface area contributed by atoms with E-state index in [2.05, 4.69) is 54.1 Å². The van der Waals surface area contributed by atoms with Gasteiger partial charge in [0.1, 0.15) is 13.1 Å². The third-order valence-electron chi connectivity index (χ3n) is 5.89. The Morgan fingerprint density at radius 2 is 0.825 bits per heavy atom. The number of anilines is 2. The Morgan fingerprint density at radius 1 is 0.500 bits per heavy atom. The fraction of sp³-hybridized carbons (Fsp3) is 0.267. The highest BCUT2D eigenvalue weighted by Gasteiger charge is 2.00. The van der Waals surface area contributed by atoms with Crippen molar-refractivity contribution in [1.82, 2.24) is 0 Å². The van der Waals surface area contributed by atoms with Crippen molar-refractivity contribution in [3.8, 4) is 0 Å². The summed E-state index contributed by atoms with van der Waals surface area (Å²) in [5, 5.41) is 24.2. The lowest BCUT2D eigenvalue weighted by molar-refractivity contribution is -0.693. The second-order valence-electron chi connectivity index (χ2n) is 8.76. The highest BCUT2D eigenvalue weighted by Crippen LogP contribution is 2.23. The van der Waals surface area contributed by atoms with Gasteiger partial charge in [0.15, 0.2) is 24.8 Å². The van der Waals surface area contributed by atoms with Gasteiger partial charge in [-0.2, -0.15) is 20.5 Å². The number of azo groups is 2. The van der Waals surface area contributed by atoms with Crippen molar-refractivity contribution in [3.05, 3.63) is 97.6 Å². The summed E-state index contributed by atoms with van der Waals surface area (Å²) in [6.45, 7) is 7.92. The minimum atomic E-state index is 0.839. The second kappa shape index (κ2) is 16.4. The molecule has 2 heterocycles. The molecule has 0 aliphatic carbocycles. The normalized spacial score (nSPS) is 11.3. The first-order chi connectivity index (χ1) is 19.7. The second-order valence-corrected chi connectivity index (χ2v) is 11.5. The first-order valence-corrected chi connectivity index (χ1v) is 15.9. The maximum absolute atomic E-state index is 4.33. The summed E-state index contributed by atoms with van der Waals surface area (Å²) in [6, 6.07) is 24.0. The highest BCUT2D eigenvalue weighted by molar-refractivity contribution is 8.76. The van der Waals surface area contributed by atoms with Gasteiger partial charge in [-0.15, -0.1) is 0 Å². The van der Waals surface area contributed by atoms with Gasteiger partial charge in [0.25, 0.3) is 0 Å². The summed E-state index contributed by atoms with van der Waals surface area (Å²) in [6.07, 6.45) is 8.04. The van der Waals surface area contributed by atoms with E-state index in [0.29, 0.717) is 0 Å². The van der Waals surface area contributed by atoms with E-state index in [1.807, 2.05) is 119 Å². The van der Waals surface area contributed by atoms with E-state index in [0.717, 1.165) is 71.8 Å². The maximum Gasteiger partial charge on any atom is 0.170 e. The summed E-state index contributed by atoms with van der Waals surface area (Å²) in [5.41, 5.74) is 5.55. The van der Waals surface area contributed by atoms with E-state index in [4.69, 9.17) is 0 Å². The quantitative estimate of drug-likeness (QED) is 0.0654. The van der Waals surface area contributed by atoms with Crippen LogP contribution in [0.25, 0.3) is 0 Å². The zero-order valence-electron chi connectivity index (χ0n) is 23.0. The van der Waals surface area contributed by atoms with E-state index in [1.165, 1.54) is 0 Å². The molecule has 0 unspecified atom stereocenters. The molecule has 0 radical (unpaired) electrons. The van der Waals surface area contributed by atoms with Crippen LogP contribution in [-0.4, -0.2) is 24.6 Å². The summed E-state index contributed by atoms with van der Waals surface area (Å²) in [7, 11) is 3.76. The van der Waals surface area contributed by atoms with Crippen molar-refractivity contribution in [2.45, 2.75) is 26.9 Å². The molecule has 4 rings (SSSR count). The monoisotopic (exact) mass is 572 g/mol. The fourth-order valence-electron chi connectivity index (χ4n) is 3.57. The van der Waals surface area contributed by atoms with Crippen LogP contribution < -0.4 is 19.8 Å². The average molecular weight is 573 g/mol. The van der Waals surface area contributed by atoms with Crippen LogP contribution in [0, 0.1) is 0 Å². The minimum Gasteiger partial charge on any atom is -0.384 e. The molecule has 0 atom stereocenters. The van der Waals surface area contributed by atoms with Crippen molar-refractivity contribution < 1.29 is 9.13 Å². The van der Waals surface area contributed by atoms with Gasteiger partial charge in [0, 0.05) is 60.2 Å². The average Bonchev–Trinajstić information content (AvgIpc) is 3.02. The molecule has 206 valence electrons. The van der Waals surface area contributed by atoms with Crippen LogP contribution in [0.4, 0.5) is 34.1 Å². The topological polar surface area (TPSA) is 81.3 Å². The Morgan fingerprint density at radius 3 is 1.15 bits per heavy atom. The van der Waals surface area contributed by atoms with E-state index >= 15 is 0 Å². The summed E-state index contributed by atoms with van der Waals surface area (Å²) in [5.74, 6) is 2.05. The molecular weight excluding hydrogens is 537 g/mol. The van der Waals surface area contributed by atoms with E-state index in [1.54, 1.807) is 0 Å². The van der Waals surface area contributed by atoms with Crippen molar-refractivity contribution in [2.24, 2.45) is 20.5 Å². The molecule has 0 aliphatic heterocycles. The van der Waals surface area contributed by atoms with Crippen molar-refractivity contribution >= 4 is 55.7 Å². The van der Waals surface area contributed by atoms with E-state index in [9.17, 15) is 0 Å². The summed E-state index contributed by atoms with van der Waals surface area (Å²) in [4.78, 5) is 0. The lowest BCUT2D eigenvalue weighted by atomic mass is 10.3. The van der Waals surface area contributed by atoms with Crippen LogP contribution in [0.3, 0.4) is 0 Å². The molecule has 2 aromatic heterocycles. The molecule has 0 bridgehead atoms. The third-order valence-corrected chi connectivity index (χ3v) is 8.29. The molecule has 0 saturated heterocycles. The lowest BCUT2D eigenvalue weighted by Crippen LogP contribution is -2.30. The zero-order chi connectivity index (χ0) is 27.8. The predicted octanol–water partition coefficient (Wildman–Crippen LogP) is 8.04. The van der Waals surface area contributed by atoms with Crippen molar-refractivity contribution in [3.63, 3.8) is 0 Å². The Kier molecular flexibility index (Phi) is 12.0. The van der Waals surface area contributed by atoms with Gasteiger partial charge in [-0.05, 0) is 62.4 Å². The third kappa shape index (κ3) is 10.1. The molecule has 2 aromatic carbocycles. The standard InChI is InChI=1S/C30H34N8S2/c1-3-37-19-13-29(14-20-37)35-33-27-9-5-25(6-10-27)31-17-23-39-40-24-18-32-26-7-11-28(12-8-26)34-36-30-15-21-38(4-2)22-16-30/h5-16,19-22H,3-4,17-18,23-24H2,1-2H3/p+2. The Hall–Kier alpha value is -3.76. The fourth-order valence-corrected chi connectivity index (χ4v) is 5.38. The van der Waals surface area contributed by atoms with Crippen LogP contribution in [0.1, 0.15) is 13.8 Å². The van der Waals surface area contributed by atoms with Gasteiger partial charge >= 0.3 is 0 Å². The van der Waals surface area contributed by atoms with E-state index < -0.39 is 0 Å². The Bertz CT molecular complexity index is 1230. The van der Waals surface area contributed by atoms with Gasteiger partial charge in [-0.3, -0.25) is 0 Å². The minimum absolute atomic E-state index is 0.839. The van der Waals surface area contributed by atoms with Crippen LogP contribution in [0.5, 0.6) is 0 Å². The van der Waals surface area contributed by atoms with Gasteiger partial charge in [0.05, 0.1) is 22.7 Å². The molecule has 40 heavy (non-hydrogen) atoms. The van der Waals surface area contributed by atoms with Crippen LogP contribution in [-0.2, 0) is 13.1 Å². The number of benzene rings is 2. The Labute approximate surface area is 244 Å². The molecule has 0 aliphatic rings. The summed E-state index contributed by atoms with van der Waals surface area (Å²) >= 11 is 0. The number of aryl methyl sites for hydroxylation is 2. The highest BCUT2D eigenvalue weighted by atomic mass is 33.1. The van der Waals surface area contributed by atoms with Crippen LogP contribution in [0.15, 0.2) is 118 Å². The number of rotatable bonds is 15. The molecule has 0 spiro atoms. The molecule has 0 amide bonds. The molecule has 4 aromatic rings. The SMILES string of the molecule is CC[n+]1ccc(N=Nc2ccc(NCCSSCCNc3ccc(N=Nc4cc[n+](CC)cc4)cc3)cc2)cc1. The lowest BCUT2D eigenvalue weighted by Gasteiger charge is -2.07. The van der Waals surface area contributed by atoms with Gasteiger partial charge in [-0.25, -0.2) is 9.13 Å². The van der Waals surface area contributed by atoms with E-state index in [-0.39, 0.29) is 0 Å². The molecule has 2 N–H and O–H groups in total. The van der Waals surface area contributed by atoms with Gasteiger partial charge in [-0.1, -0.05) is 21.6 Å². The predicted molar refractivity (Wildman–Crippen MR) is 168 cm³/mol. The summed E-state index contributed by atoms with van der Waals surface area (Å²) < 4.78 is 4.19.